The van der Waals surface area contributed by atoms with Crippen molar-refractivity contribution in [1.29, 1.82) is 0 Å². The Morgan fingerprint density at radius 3 is 2.26 bits per heavy atom. The van der Waals surface area contributed by atoms with Crippen molar-refractivity contribution in [2.75, 3.05) is 0 Å². The van der Waals surface area contributed by atoms with E-state index in [-0.39, 0.29) is 15.4 Å². The summed E-state index contributed by atoms with van der Waals surface area (Å²) in [7, 11) is 0.0617. The SMILES string of the molecule is CC(C)C1=CC(c2ccc(C(C)(C)C)cc2)=[O+][Si-]O1. The summed E-state index contributed by atoms with van der Waals surface area (Å²) in [5.74, 6) is 2.30. The summed E-state index contributed by atoms with van der Waals surface area (Å²) in [4.78, 5) is 0. The molecule has 0 unspecified atom stereocenters. The summed E-state index contributed by atoms with van der Waals surface area (Å²) in [5, 5.41) is 0. The summed E-state index contributed by atoms with van der Waals surface area (Å²) in [6.45, 7) is 10.9. The van der Waals surface area contributed by atoms with Crippen molar-refractivity contribution in [1.82, 2.24) is 0 Å². The fourth-order valence-electron chi connectivity index (χ4n) is 1.86. The largest absolute Gasteiger partial charge is 0.633 e. The highest BCUT2D eigenvalue weighted by Crippen LogP contribution is 2.23. The van der Waals surface area contributed by atoms with Crippen molar-refractivity contribution in [3.8, 4) is 0 Å². The molecule has 0 N–H and O–H groups in total. The van der Waals surface area contributed by atoms with E-state index in [1.807, 2.05) is 6.08 Å². The Balaban J connectivity index is 2.26. The number of carbonyl (C=O) groups excluding carboxylic acids is 1. The predicted octanol–water partition coefficient (Wildman–Crippen LogP) is 3.81. The van der Waals surface area contributed by atoms with Crippen LogP contribution in [0.4, 0.5) is 0 Å². The van der Waals surface area contributed by atoms with Gasteiger partial charge >= 0.3 is 10.0 Å². The van der Waals surface area contributed by atoms with Crippen LogP contribution in [-0.4, -0.2) is 15.8 Å². The second kappa shape index (κ2) is 5.33. The highest BCUT2D eigenvalue weighted by atomic mass is 28.2. The van der Waals surface area contributed by atoms with Crippen LogP contribution in [0.2, 0.25) is 0 Å². The fraction of sp³-hybridized carbons (Fsp3) is 0.438. The molecule has 0 aromatic heterocycles. The lowest BCUT2D eigenvalue weighted by Gasteiger charge is -2.20. The molecule has 0 saturated heterocycles. The predicted molar refractivity (Wildman–Crippen MR) is 79.2 cm³/mol. The van der Waals surface area contributed by atoms with E-state index in [2.05, 4.69) is 58.9 Å². The van der Waals surface area contributed by atoms with Crippen LogP contribution in [0.1, 0.15) is 49.9 Å². The molecule has 0 bridgehead atoms. The first kappa shape index (κ1) is 14.1. The van der Waals surface area contributed by atoms with Crippen LogP contribution >= 0.6 is 0 Å². The minimum absolute atomic E-state index is 0.0617. The Morgan fingerprint density at radius 2 is 1.74 bits per heavy atom. The molecule has 1 aromatic rings. The van der Waals surface area contributed by atoms with Gasteiger partial charge in [-0.25, -0.2) is 0 Å². The van der Waals surface area contributed by atoms with Gasteiger partial charge < -0.3 is 8.54 Å². The van der Waals surface area contributed by atoms with Gasteiger partial charge in [0.25, 0.3) is 5.78 Å². The number of hydrogen-bond acceptors (Lipinski definition) is 1. The maximum atomic E-state index is 5.62. The third-order valence-electron chi connectivity index (χ3n) is 3.19. The molecule has 0 fully saturated rings. The van der Waals surface area contributed by atoms with Gasteiger partial charge in [-0.05, 0) is 23.1 Å². The number of allylic oxidation sites excluding steroid dienone is 2. The van der Waals surface area contributed by atoms with Crippen LogP contribution in [0.25, 0.3) is 0 Å². The molecule has 19 heavy (non-hydrogen) atoms. The van der Waals surface area contributed by atoms with E-state index in [4.69, 9.17) is 8.54 Å². The summed E-state index contributed by atoms with van der Waals surface area (Å²) >= 11 is 0. The second-order valence-electron chi connectivity index (χ2n) is 6.18. The van der Waals surface area contributed by atoms with Gasteiger partial charge in [0.15, 0.2) is 0 Å². The highest BCUT2D eigenvalue weighted by molar-refractivity contribution is 6.22. The van der Waals surface area contributed by atoms with Crippen molar-refractivity contribution in [2.45, 2.75) is 40.0 Å². The molecular weight excluding hydrogens is 252 g/mol. The minimum atomic E-state index is 0.0617. The van der Waals surface area contributed by atoms with Crippen molar-refractivity contribution < 1.29 is 8.54 Å². The van der Waals surface area contributed by atoms with Gasteiger partial charge in [-0.2, -0.15) is 0 Å². The lowest BCUT2D eigenvalue weighted by molar-refractivity contribution is -0.108. The van der Waals surface area contributed by atoms with E-state index in [1.54, 1.807) is 0 Å². The Hall–Kier alpha value is -1.35. The van der Waals surface area contributed by atoms with E-state index in [0.717, 1.165) is 17.1 Å². The zero-order valence-corrected chi connectivity index (χ0v) is 13.3. The first-order valence-corrected chi connectivity index (χ1v) is 7.48. The molecule has 0 aliphatic carbocycles. The van der Waals surface area contributed by atoms with Crippen LogP contribution in [-0.2, 0) is 9.84 Å². The maximum absolute atomic E-state index is 5.62. The molecule has 0 atom stereocenters. The van der Waals surface area contributed by atoms with Gasteiger partial charge in [-0.1, -0.05) is 46.8 Å². The molecule has 1 radical (unpaired) electrons. The zero-order chi connectivity index (χ0) is 14.0. The molecule has 1 aliphatic heterocycles. The fourth-order valence-corrected chi connectivity index (χ4v) is 2.56. The average molecular weight is 273 g/mol. The summed E-state index contributed by atoms with van der Waals surface area (Å²) in [6, 6.07) is 8.60. The molecule has 1 aliphatic rings. The van der Waals surface area contributed by atoms with Gasteiger partial charge in [0.05, 0.1) is 17.4 Å². The summed E-state index contributed by atoms with van der Waals surface area (Å²) in [5.41, 5.74) is 2.63. The van der Waals surface area contributed by atoms with E-state index in [1.165, 1.54) is 5.56 Å². The topological polar surface area (TPSA) is 20.5 Å². The number of hydrogen-bond donors (Lipinski definition) is 0. The van der Waals surface area contributed by atoms with Crippen LogP contribution < -0.4 is 0 Å². The molecule has 101 valence electrons. The van der Waals surface area contributed by atoms with Crippen LogP contribution in [0.15, 0.2) is 36.1 Å². The Morgan fingerprint density at radius 1 is 1.11 bits per heavy atom. The highest BCUT2D eigenvalue weighted by Gasteiger charge is 2.18. The molecule has 1 heterocycles. The van der Waals surface area contributed by atoms with E-state index in [0.29, 0.717) is 5.92 Å². The molecule has 2 rings (SSSR count). The third kappa shape index (κ3) is 3.35. The normalized spacial score (nSPS) is 15.5. The smallest absolute Gasteiger partial charge is 0.424 e. The quantitative estimate of drug-likeness (QED) is 0.593. The molecule has 3 heteroatoms. The van der Waals surface area contributed by atoms with E-state index < -0.39 is 0 Å². The first-order valence-electron chi connectivity index (χ1n) is 6.66. The lowest BCUT2D eigenvalue weighted by Crippen LogP contribution is -2.15. The van der Waals surface area contributed by atoms with Gasteiger partial charge in [0.1, 0.15) is 0 Å². The van der Waals surface area contributed by atoms with Crippen LogP contribution in [0.3, 0.4) is 0 Å². The molecule has 2 nitrogen and oxygen atoms in total. The standard InChI is InChI=1S/C16H21O2Si/c1-11(2)14-10-15(18-19-17-14)12-6-8-13(9-7-12)16(3,4)5/h6-11H,1-5H3. The van der Waals surface area contributed by atoms with E-state index in [9.17, 15) is 0 Å². The van der Waals surface area contributed by atoms with E-state index >= 15 is 0 Å². The number of ketones is 1. The molecule has 0 spiro atoms. The van der Waals surface area contributed by atoms with Crippen molar-refractivity contribution in [2.24, 2.45) is 5.92 Å². The van der Waals surface area contributed by atoms with Crippen LogP contribution in [0.5, 0.6) is 0 Å². The zero-order valence-electron chi connectivity index (χ0n) is 12.3. The Labute approximate surface area is 118 Å². The molecule has 0 amide bonds. The second-order valence-corrected chi connectivity index (χ2v) is 6.76. The van der Waals surface area contributed by atoms with Gasteiger partial charge in [-0.3, -0.25) is 0 Å². The van der Waals surface area contributed by atoms with Gasteiger partial charge in [0, 0.05) is 5.92 Å². The first-order chi connectivity index (χ1) is 8.88. The molecule has 0 saturated carbocycles. The van der Waals surface area contributed by atoms with Gasteiger partial charge in [0.2, 0.25) is 0 Å². The number of benzene rings is 1. The average Bonchev–Trinajstić information content (AvgIpc) is 2.38. The van der Waals surface area contributed by atoms with Gasteiger partial charge in [-0.15, -0.1) is 0 Å². The van der Waals surface area contributed by atoms with Crippen LogP contribution in [0, 0.1) is 5.92 Å². The Kier molecular flexibility index (Phi) is 3.95. The molecule has 1 aromatic carbocycles. The van der Waals surface area contributed by atoms with Crippen molar-refractivity contribution in [3.63, 3.8) is 0 Å². The molecular formula is C16H21O2Si. The minimum Gasteiger partial charge on any atom is -0.633 e. The van der Waals surface area contributed by atoms with Crippen molar-refractivity contribution in [3.05, 3.63) is 47.2 Å². The number of rotatable bonds is 2. The summed E-state index contributed by atoms with van der Waals surface area (Å²) in [6.07, 6.45) is 2.01. The monoisotopic (exact) mass is 273 g/mol. The Bertz CT molecular complexity index is 505. The third-order valence-corrected chi connectivity index (χ3v) is 3.81. The maximum Gasteiger partial charge on any atom is 0.424 e. The summed E-state index contributed by atoms with van der Waals surface area (Å²) < 4.78 is 11.1. The van der Waals surface area contributed by atoms with Crippen molar-refractivity contribution >= 4 is 15.8 Å². The lowest BCUT2D eigenvalue weighted by atomic mass is 9.86.